The summed E-state index contributed by atoms with van der Waals surface area (Å²) in [7, 11) is 0. The second kappa shape index (κ2) is 7.18. The topological polar surface area (TPSA) is 88.5 Å². The van der Waals surface area contributed by atoms with Crippen molar-refractivity contribution in [3.63, 3.8) is 0 Å². The molecule has 2 N–H and O–H groups in total. The molecule has 7 nitrogen and oxygen atoms in total. The Morgan fingerprint density at radius 3 is 2.92 bits per heavy atom. The van der Waals surface area contributed by atoms with Crippen molar-refractivity contribution in [2.24, 2.45) is 0 Å². The van der Waals surface area contributed by atoms with Gasteiger partial charge in [0.2, 0.25) is 11.1 Å². The highest BCUT2D eigenvalue weighted by atomic mass is 32.2. The smallest absolute Gasteiger partial charge is 0.238 e. The molecule has 1 amide bonds. The molecule has 0 aliphatic heterocycles. The molecule has 24 heavy (non-hydrogen) atoms. The van der Waals surface area contributed by atoms with Gasteiger partial charge < -0.3 is 5.32 Å². The van der Waals surface area contributed by atoms with Crippen molar-refractivity contribution in [2.75, 3.05) is 5.32 Å². The van der Waals surface area contributed by atoms with Crippen molar-refractivity contribution < 1.29 is 4.79 Å². The van der Waals surface area contributed by atoms with Crippen molar-refractivity contribution in [1.82, 2.24) is 25.0 Å². The Bertz CT molecular complexity index is 808. The monoisotopic (exact) mass is 362 g/mol. The summed E-state index contributed by atoms with van der Waals surface area (Å²) in [6, 6.07) is 5.91. The zero-order valence-electron chi connectivity index (χ0n) is 13.6. The van der Waals surface area contributed by atoms with Gasteiger partial charge in [0.15, 0.2) is 5.82 Å². The summed E-state index contributed by atoms with van der Waals surface area (Å²) in [5.41, 5.74) is 0. The third kappa shape index (κ3) is 3.68. The van der Waals surface area contributed by atoms with Crippen molar-refractivity contribution in [2.45, 2.75) is 37.2 Å². The first-order valence-electron chi connectivity index (χ1n) is 7.52. The summed E-state index contributed by atoms with van der Waals surface area (Å²) in [4.78, 5) is 17.8. The average Bonchev–Trinajstić information content (AvgIpc) is 3.28. The van der Waals surface area contributed by atoms with Gasteiger partial charge in [-0.1, -0.05) is 17.8 Å². The number of hydrogen-bond acceptors (Lipinski definition) is 6. The van der Waals surface area contributed by atoms with E-state index in [1.54, 1.807) is 28.3 Å². The molecule has 0 radical (unpaired) electrons. The first-order chi connectivity index (χ1) is 11.5. The summed E-state index contributed by atoms with van der Waals surface area (Å²) in [6.07, 6.45) is 1.68. The van der Waals surface area contributed by atoms with Crippen LogP contribution >= 0.6 is 23.1 Å². The number of carbonyl (C=O) groups is 1. The van der Waals surface area contributed by atoms with Gasteiger partial charge in [-0.05, 0) is 32.2 Å². The minimum atomic E-state index is -0.326. The van der Waals surface area contributed by atoms with Crippen LogP contribution in [0.5, 0.6) is 0 Å². The van der Waals surface area contributed by atoms with E-state index in [-0.39, 0.29) is 17.2 Å². The number of aromatic amines is 1. The van der Waals surface area contributed by atoms with Crippen molar-refractivity contribution in [1.29, 1.82) is 0 Å². The highest BCUT2D eigenvalue weighted by molar-refractivity contribution is 8.00. The number of nitrogens with one attached hydrogen (secondary N) is 2. The van der Waals surface area contributed by atoms with Crippen LogP contribution < -0.4 is 5.32 Å². The van der Waals surface area contributed by atoms with Crippen molar-refractivity contribution >= 4 is 34.8 Å². The predicted molar refractivity (Wildman–Crippen MR) is 96.3 cm³/mol. The molecule has 1 atom stereocenters. The lowest BCUT2D eigenvalue weighted by atomic mass is 10.4. The molecule has 1 unspecified atom stereocenters. The Labute approximate surface area is 147 Å². The lowest BCUT2D eigenvalue weighted by molar-refractivity contribution is -0.115. The van der Waals surface area contributed by atoms with Crippen LogP contribution in [-0.4, -0.2) is 36.1 Å². The van der Waals surface area contributed by atoms with E-state index in [1.165, 1.54) is 11.8 Å². The Hall–Kier alpha value is -2.13. The summed E-state index contributed by atoms with van der Waals surface area (Å²) in [5, 5.41) is 16.4. The Morgan fingerprint density at radius 1 is 1.38 bits per heavy atom. The number of aromatic nitrogens is 5. The van der Waals surface area contributed by atoms with Gasteiger partial charge in [0.1, 0.15) is 5.82 Å². The minimum absolute atomic E-state index is 0.107. The van der Waals surface area contributed by atoms with Gasteiger partial charge in [-0.2, -0.15) is 5.10 Å². The van der Waals surface area contributed by atoms with E-state index in [0.717, 1.165) is 10.7 Å². The summed E-state index contributed by atoms with van der Waals surface area (Å²) < 4.78 is 1.77. The number of anilines is 1. The van der Waals surface area contributed by atoms with E-state index in [1.807, 2.05) is 38.3 Å². The highest BCUT2D eigenvalue weighted by Gasteiger charge is 2.19. The summed E-state index contributed by atoms with van der Waals surface area (Å²) >= 11 is 2.90. The molecule has 126 valence electrons. The van der Waals surface area contributed by atoms with Crippen LogP contribution in [0.3, 0.4) is 0 Å². The molecular formula is C15H18N6OS2. The van der Waals surface area contributed by atoms with Crippen molar-refractivity contribution in [3.05, 3.63) is 29.8 Å². The van der Waals surface area contributed by atoms with Gasteiger partial charge in [0.05, 0.1) is 16.3 Å². The number of hydrogen-bond donors (Lipinski definition) is 2. The van der Waals surface area contributed by atoms with Crippen molar-refractivity contribution in [3.8, 4) is 10.7 Å². The average molecular weight is 362 g/mol. The van der Waals surface area contributed by atoms with Crippen LogP contribution in [0.15, 0.2) is 34.9 Å². The second-order valence-corrected chi connectivity index (χ2v) is 7.70. The van der Waals surface area contributed by atoms with E-state index in [2.05, 4.69) is 25.6 Å². The zero-order valence-corrected chi connectivity index (χ0v) is 15.2. The fourth-order valence-electron chi connectivity index (χ4n) is 2.09. The maximum Gasteiger partial charge on any atom is 0.238 e. The van der Waals surface area contributed by atoms with Gasteiger partial charge in [0.25, 0.3) is 0 Å². The number of carbonyl (C=O) groups excluding carboxylic acids is 1. The lowest BCUT2D eigenvalue weighted by Gasteiger charge is -2.14. The van der Waals surface area contributed by atoms with Gasteiger partial charge in [-0.25, -0.2) is 9.67 Å². The molecule has 0 spiro atoms. The second-order valence-electron chi connectivity index (χ2n) is 5.45. The first kappa shape index (κ1) is 16.7. The van der Waals surface area contributed by atoms with E-state index in [0.29, 0.717) is 11.0 Å². The van der Waals surface area contributed by atoms with E-state index in [4.69, 9.17) is 0 Å². The number of thiophene rings is 1. The third-order valence-electron chi connectivity index (χ3n) is 3.28. The van der Waals surface area contributed by atoms with Crippen LogP contribution in [0.2, 0.25) is 0 Å². The highest BCUT2D eigenvalue weighted by Crippen LogP contribution is 2.26. The molecule has 0 bridgehead atoms. The summed E-state index contributed by atoms with van der Waals surface area (Å²) in [6.45, 7) is 5.86. The van der Waals surface area contributed by atoms with Crippen LogP contribution in [0.25, 0.3) is 10.7 Å². The molecule has 0 aliphatic rings. The molecule has 9 heteroatoms. The number of nitrogens with zero attached hydrogens (tertiary/aromatic N) is 4. The van der Waals surface area contributed by atoms with Gasteiger partial charge in [-0.3, -0.25) is 9.89 Å². The zero-order chi connectivity index (χ0) is 17.1. The minimum Gasteiger partial charge on any atom is -0.310 e. The SMILES string of the molecule is CC(Sc1n[nH]c(-c2cccs2)n1)C(=O)Nc1ccnn1C(C)C. The fraction of sp³-hybridized carbons (Fsp3) is 0.333. The molecule has 3 rings (SSSR count). The molecule has 0 saturated heterocycles. The normalized spacial score (nSPS) is 12.5. The van der Waals surface area contributed by atoms with Gasteiger partial charge >= 0.3 is 0 Å². The molecule has 0 saturated carbocycles. The largest absolute Gasteiger partial charge is 0.310 e. The number of H-pyrrole nitrogens is 1. The Morgan fingerprint density at radius 2 is 2.21 bits per heavy atom. The molecule has 0 aliphatic carbocycles. The molecule has 0 fully saturated rings. The number of rotatable bonds is 6. The molecule has 0 aromatic carbocycles. The molecule has 3 heterocycles. The van der Waals surface area contributed by atoms with Gasteiger partial charge in [-0.15, -0.1) is 16.4 Å². The predicted octanol–water partition coefficient (Wildman–Crippen LogP) is 3.43. The van der Waals surface area contributed by atoms with Gasteiger partial charge in [0, 0.05) is 12.1 Å². The first-order valence-corrected chi connectivity index (χ1v) is 9.28. The fourth-order valence-corrected chi connectivity index (χ4v) is 3.48. The van der Waals surface area contributed by atoms with Crippen LogP contribution in [0.1, 0.15) is 26.8 Å². The van der Waals surface area contributed by atoms with Crippen LogP contribution in [-0.2, 0) is 4.79 Å². The molecule has 3 aromatic heterocycles. The van der Waals surface area contributed by atoms with E-state index < -0.39 is 0 Å². The molecule has 3 aromatic rings. The quantitative estimate of drug-likeness (QED) is 0.656. The Kier molecular flexibility index (Phi) is 5.00. The number of amides is 1. The van der Waals surface area contributed by atoms with Crippen LogP contribution in [0, 0.1) is 0 Å². The maximum atomic E-state index is 12.4. The number of thioether (sulfide) groups is 1. The van der Waals surface area contributed by atoms with E-state index in [9.17, 15) is 4.79 Å². The van der Waals surface area contributed by atoms with E-state index >= 15 is 0 Å². The summed E-state index contributed by atoms with van der Waals surface area (Å²) in [5.74, 6) is 1.31. The third-order valence-corrected chi connectivity index (χ3v) is 5.12. The molecular weight excluding hydrogens is 344 g/mol. The standard InChI is InChI=1S/C15H18N6OS2/c1-9(2)21-12(6-7-16-21)17-14(22)10(3)24-15-18-13(19-20-15)11-5-4-8-23-11/h4-10H,1-3H3,(H,17,22)(H,18,19,20). The maximum absolute atomic E-state index is 12.4. The lowest BCUT2D eigenvalue weighted by Crippen LogP contribution is -2.24. The van der Waals surface area contributed by atoms with Crippen LogP contribution in [0.4, 0.5) is 5.82 Å². The Balaban J connectivity index is 1.63.